The maximum absolute atomic E-state index is 14.2. The maximum Gasteiger partial charge on any atom is 0.194 e. The van der Waals surface area contributed by atoms with Crippen molar-refractivity contribution in [2.45, 2.75) is 32.7 Å². The SMILES string of the molecule is CCNC(=NCC(C)(C)c1ccccc1F)N1CCN(Cc2ccon2)CC1.I. The molecule has 160 valence electrons. The first-order valence-corrected chi connectivity index (χ1v) is 9.89. The molecule has 1 aromatic carbocycles. The number of guanidine groups is 1. The van der Waals surface area contributed by atoms with Crippen LogP contribution in [0.3, 0.4) is 0 Å². The van der Waals surface area contributed by atoms with Crippen LogP contribution in [0.4, 0.5) is 4.39 Å². The van der Waals surface area contributed by atoms with Crippen LogP contribution in [0.2, 0.25) is 0 Å². The molecule has 3 rings (SSSR count). The summed E-state index contributed by atoms with van der Waals surface area (Å²) in [7, 11) is 0. The van der Waals surface area contributed by atoms with Crippen LogP contribution in [0.5, 0.6) is 0 Å². The van der Waals surface area contributed by atoms with Crippen LogP contribution in [0.1, 0.15) is 32.0 Å². The predicted octanol–water partition coefficient (Wildman–Crippen LogP) is 3.49. The lowest BCUT2D eigenvalue weighted by Crippen LogP contribution is -2.52. The summed E-state index contributed by atoms with van der Waals surface area (Å²) in [6.07, 6.45) is 1.61. The summed E-state index contributed by atoms with van der Waals surface area (Å²) in [5.74, 6) is 0.724. The lowest BCUT2D eigenvalue weighted by molar-refractivity contribution is 0.169. The van der Waals surface area contributed by atoms with Gasteiger partial charge < -0.3 is 14.7 Å². The van der Waals surface area contributed by atoms with Gasteiger partial charge >= 0.3 is 0 Å². The van der Waals surface area contributed by atoms with E-state index in [0.717, 1.165) is 50.9 Å². The topological polar surface area (TPSA) is 56.9 Å². The summed E-state index contributed by atoms with van der Waals surface area (Å²) >= 11 is 0. The van der Waals surface area contributed by atoms with E-state index in [4.69, 9.17) is 9.52 Å². The highest BCUT2D eigenvalue weighted by atomic mass is 127. The minimum absolute atomic E-state index is 0. The van der Waals surface area contributed by atoms with Gasteiger partial charge in [0, 0.05) is 50.7 Å². The molecule has 0 atom stereocenters. The minimum atomic E-state index is -0.374. The van der Waals surface area contributed by atoms with Crippen LogP contribution in [0, 0.1) is 5.82 Å². The second-order valence-corrected chi connectivity index (χ2v) is 7.79. The summed E-state index contributed by atoms with van der Waals surface area (Å²) in [4.78, 5) is 9.49. The molecule has 1 fully saturated rings. The molecule has 0 aliphatic carbocycles. The monoisotopic (exact) mass is 515 g/mol. The Hall–Kier alpha value is -1.68. The van der Waals surface area contributed by atoms with E-state index in [0.29, 0.717) is 12.1 Å². The van der Waals surface area contributed by atoms with E-state index < -0.39 is 0 Å². The van der Waals surface area contributed by atoms with Crippen molar-refractivity contribution in [2.75, 3.05) is 39.3 Å². The molecule has 1 N–H and O–H groups in total. The lowest BCUT2D eigenvalue weighted by Gasteiger charge is -2.36. The second kappa shape index (κ2) is 10.9. The summed E-state index contributed by atoms with van der Waals surface area (Å²) in [6.45, 7) is 11.9. The molecule has 2 aromatic rings. The molecule has 2 heterocycles. The van der Waals surface area contributed by atoms with Gasteiger partial charge in [0.2, 0.25) is 0 Å². The number of aromatic nitrogens is 1. The summed E-state index contributed by atoms with van der Waals surface area (Å²) in [5, 5.41) is 7.38. The van der Waals surface area contributed by atoms with Gasteiger partial charge in [-0.1, -0.05) is 37.2 Å². The van der Waals surface area contributed by atoms with E-state index in [1.165, 1.54) is 6.07 Å². The van der Waals surface area contributed by atoms with Crippen molar-refractivity contribution in [3.05, 3.63) is 53.7 Å². The second-order valence-electron chi connectivity index (χ2n) is 7.79. The Morgan fingerprint density at radius 2 is 1.93 bits per heavy atom. The third kappa shape index (κ3) is 6.40. The van der Waals surface area contributed by atoms with Crippen LogP contribution in [-0.2, 0) is 12.0 Å². The molecule has 6 nitrogen and oxygen atoms in total. The summed E-state index contributed by atoms with van der Waals surface area (Å²) in [5.41, 5.74) is 1.29. The molecular weight excluding hydrogens is 484 g/mol. The molecule has 8 heteroatoms. The molecule has 0 radical (unpaired) electrons. The number of hydrogen-bond donors (Lipinski definition) is 1. The Morgan fingerprint density at radius 1 is 1.21 bits per heavy atom. The highest BCUT2D eigenvalue weighted by molar-refractivity contribution is 14.0. The fraction of sp³-hybridized carbons (Fsp3) is 0.524. The van der Waals surface area contributed by atoms with Crippen molar-refractivity contribution >= 4 is 29.9 Å². The minimum Gasteiger partial charge on any atom is -0.364 e. The van der Waals surface area contributed by atoms with Crippen LogP contribution < -0.4 is 5.32 Å². The zero-order valence-electron chi connectivity index (χ0n) is 17.4. The number of halogens is 2. The zero-order chi connectivity index (χ0) is 20.0. The third-order valence-electron chi connectivity index (χ3n) is 5.11. The van der Waals surface area contributed by atoms with Crippen LogP contribution in [0.15, 0.2) is 46.1 Å². The first-order valence-electron chi connectivity index (χ1n) is 9.89. The highest BCUT2D eigenvalue weighted by Gasteiger charge is 2.25. The average Bonchev–Trinajstić information content (AvgIpc) is 3.19. The molecule has 1 aliphatic heterocycles. The average molecular weight is 515 g/mol. The van der Waals surface area contributed by atoms with Gasteiger partial charge in [-0.3, -0.25) is 9.89 Å². The Labute approximate surface area is 189 Å². The van der Waals surface area contributed by atoms with Crippen LogP contribution in [0.25, 0.3) is 0 Å². The van der Waals surface area contributed by atoms with Crippen molar-refractivity contribution < 1.29 is 8.91 Å². The number of nitrogens with one attached hydrogen (secondary N) is 1. The lowest BCUT2D eigenvalue weighted by atomic mass is 9.84. The van der Waals surface area contributed by atoms with Crippen molar-refractivity contribution in [1.82, 2.24) is 20.3 Å². The third-order valence-corrected chi connectivity index (χ3v) is 5.11. The fourth-order valence-corrected chi connectivity index (χ4v) is 3.46. The van der Waals surface area contributed by atoms with Crippen molar-refractivity contribution in [3.63, 3.8) is 0 Å². The van der Waals surface area contributed by atoms with Crippen molar-refractivity contribution in [2.24, 2.45) is 4.99 Å². The van der Waals surface area contributed by atoms with Crippen molar-refractivity contribution in [1.29, 1.82) is 0 Å². The van der Waals surface area contributed by atoms with Gasteiger partial charge in [-0.25, -0.2) is 4.39 Å². The molecule has 0 unspecified atom stereocenters. The molecule has 29 heavy (non-hydrogen) atoms. The van der Waals surface area contributed by atoms with E-state index in [9.17, 15) is 4.39 Å². The molecule has 1 saturated heterocycles. The number of aliphatic imine (C=N–C) groups is 1. The molecular formula is C21H31FIN5O. The Kier molecular flexibility index (Phi) is 8.88. The van der Waals surface area contributed by atoms with Gasteiger partial charge in [-0.15, -0.1) is 24.0 Å². The molecule has 0 bridgehead atoms. The van der Waals surface area contributed by atoms with E-state index in [1.807, 2.05) is 32.0 Å². The predicted molar refractivity (Wildman–Crippen MR) is 124 cm³/mol. The molecule has 0 saturated carbocycles. The van der Waals surface area contributed by atoms with Crippen LogP contribution >= 0.6 is 24.0 Å². The zero-order valence-corrected chi connectivity index (χ0v) is 19.7. The smallest absolute Gasteiger partial charge is 0.194 e. The summed E-state index contributed by atoms with van der Waals surface area (Å²) < 4.78 is 19.1. The standard InChI is InChI=1S/C21H30FN5O.HI/c1-4-23-20(24-16-21(2,3)18-7-5-6-8-19(18)22)27-12-10-26(11-13-27)15-17-9-14-28-25-17;/h5-9,14H,4,10-13,15-16H2,1-3H3,(H,23,24);1H. The van der Waals surface area contributed by atoms with E-state index >= 15 is 0 Å². The van der Waals surface area contributed by atoms with E-state index in [2.05, 4.69) is 27.2 Å². The molecule has 1 aliphatic rings. The first-order chi connectivity index (χ1) is 13.5. The van der Waals surface area contributed by atoms with Gasteiger partial charge in [-0.2, -0.15) is 0 Å². The molecule has 0 spiro atoms. The van der Waals surface area contributed by atoms with Crippen molar-refractivity contribution in [3.8, 4) is 0 Å². The number of benzene rings is 1. The van der Waals surface area contributed by atoms with Gasteiger partial charge in [0.05, 0.1) is 12.2 Å². The van der Waals surface area contributed by atoms with Gasteiger partial charge in [0.15, 0.2) is 5.96 Å². The number of rotatable bonds is 6. The quantitative estimate of drug-likeness (QED) is 0.363. The van der Waals surface area contributed by atoms with Gasteiger partial charge in [-0.05, 0) is 18.6 Å². The molecule has 1 aromatic heterocycles. The van der Waals surface area contributed by atoms with Gasteiger partial charge in [0.25, 0.3) is 0 Å². The fourth-order valence-electron chi connectivity index (χ4n) is 3.46. The van der Waals surface area contributed by atoms with Crippen LogP contribution in [-0.4, -0.2) is 60.2 Å². The molecule has 0 amide bonds. The normalized spacial score (nSPS) is 15.9. The number of nitrogens with zero attached hydrogens (tertiary/aromatic N) is 4. The van der Waals surface area contributed by atoms with E-state index in [-0.39, 0.29) is 35.2 Å². The largest absolute Gasteiger partial charge is 0.364 e. The number of hydrogen-bond acceptors (Lipinski definition) is 4. The summed E-state index contributed by atoms with van der Waals surface area (Å²) in [6, 6.07) is 8.87. The number of piperazine rings is 1. The Bertz CT molecular complexity index is 773. The first kappa shape index (κ1) is 23.6. The van der Waals surface area contributed by atoms with Gasteiger partial charge in [0.1, 0.15) is 12.1 Å². The Balaban J connectivity index is 0.00000300. The maximum atomic E-state index is 14.2. The van der Waals surface area contributed by atoms with E-state index in [1.54, 1.807) is 12.3 Å². The highest BCUT2D eigenvalue weighted by Crippen LogP contribution is 2.26. The Morgan fingerprint density at radius 3 is 2.55 bits per heavy atom.